The molecule has 32 heavy (non-hydrogen) atoms. The minimum Gasteiger partial charge on any atom is -0.354 e. The van der Waals surface area contributed by atoms with Crippen LogP contribution in [0.25, 0.3) is 5.69 Å². The summed E-state index contributed by atoms with van der Waals surface area (Å²) in [5.41, 5.74) is 2.65. The first-order valence-electron chi connectivity index (χ1n) is 12.0. The molecular formula is C25H38FN5O. The number of hydrogen-bond acceptors (Lipinski definition) is 4. The molecule has 0 unspecified atom stereocenters. The fourth-order valence-electron chi connectivity index (χ4n) is 4.32. The summed E-state index contributed by atoms with van der Waals surface area (Å²) in [5.74, 6) is 0.886. The van der Waals surface area contributed by atoms with Crippen LogP contribution >= 0.6 is 0 Å². The molecule has 2 heterocycles. The number of anilines is 1. The van der Waals surface area contributed by atoms with E-state index in [1.807, 2.05) is 22.6 Å². The van der Waals surface area contributed by atoms with Crippen LogP contribution in [-0.2, 0) is 11.3 Å². The molecule has 1 aliphatic rings. The molecule has 3 rings (SSSR count). The van der Waals surface area contributed by atoms with Crippen LogP contribution in [0.1, 0.15) is 58.2 Å². The Labute approximate surface area is 192 Å². The molecule has 0 saturated carbocycles. The second-order valence-corrected chi connectivity index (χ2v) is 8.92. The lowest BCUT2D eigenvalue weighted by Gasteiger charge is -2.36. The summed E-state index contributed by atoms with van der Waals surface area (Å²) in [6.07, 6.45) is 2.47. The lowest BCUT2D eigenvalue weighted by Crippen LogP contribution is -2.47. The fourth-order valence-corrected chi connectivity index (χ4v) is 4.32. The normalized spacial score (nSPS) is 14.9. The van der Waals surface area contributed by atoms with Gasteiger partial charge in [-0.3, -0.25) is 4.79 Å². The highest BCUT2D eigenvalue weighted by atomic mass is 19.1. The molecular weight excluding hydrogens is 405 g/mol. The number of piperazine rings is 1. The van der Waals surface area contributed by atoms with Crippen LogP contribution in [0.4, 0.5) is 10.2 Å². The van der Waals surface area contributed by atoms with Crippen LogP contribution in [0, 0.1) is 12.7 Å². The van der Waals surface area contributed by atoms with Crippen LogP contribution in [0.2, 0.25) is 0 Å². The first-order valence-corrected chi connectivity index (χ1v) is 12.0. The third-order valence-electron chi connectivity index (χ3n) is 6.35. The number of amides is 1. The monoisotopic (exact) mass is 443 g/mol. The summed E-state index contributed by atoms with van der Waals surface area (Å²) in [4.78, 5) is 19.7. The quantitative estimate of drug-likeness (QED) is 0.577. The zero-order valence-corrected chi connectivity index (χ0v) is 20.3. The first-order chi connectivity index (χ1) is 15.3. The van der Waals surface area contributed by atoms with E-state index >= 15 is 0 Å². The highest BCUT2D eigenvalue weighted by Gasteiger charge is 2.28. The number of rotatable bonds is 9. The molecule has 176 valence electrons. The highest BCUT2D eigenvalue weighted by Crippen LogP contribution is 2.30. The third-order valence-corrected chi connectivity index (χ3v) is 6.35. The summed E-state index contributed by atoms with van der Waals surface area (Å²) in [5, 5.41) is 4.83. The Bertz CT molecular complexity index is 902. The molecule has 1 aromatic carbocycles. The lowest BCUT2D eigenvalue weighted by molar-refractivity contribution is -0.133. The maximum atomic E-state index is 14.1. The van der Waals surface area contributed by atoms with Gasteiger partial charge in [0.15, 0.2) is 0 Å². The van der Waals surface area contributed by atoms with Gasteiger partial charge in [-0.15, -0.1) is 0 Å². The van der Waals surface area contributed by atoms with Crippen LogP contribution in [-0.4, -0.2) is 64.3 Å². The Kier molecular flexibility index (Phi) is 8.29. The molecule has 6 nitrogen and oxygen atoms in total. The largest absolute Gasteiger partial charge is 0.354 e. The number of benzene rings is 1. The molecule has 0 aliphatic carbocycles. The summed E-state index contributed by atoms with van der Waals surface area (Å²) in [7, 11) is 0. The average Bonchev–Trinajstić information content (AvgIpc) is 3.11. The van der Waals surface area contributed by atoms with E-state index in [-0.39, 0.29) is 17.8 Å². The molecule has 0 atom stereocenters. The second-order valence-electron chi connectivity index (χ2n) is 8.92. The van der Waals surface area contributed by atoms with Gasteiger partial charge in [0.1, 0.15) is 11.6 Å². The zero-order chi connectivity index (χ0) is 23.3. The van der Waals surface area contributed by atoms with Crippen molar-refractivity contribution in [3.8, 4) is 5.69 Å². The number of aromatic nitrogens is 2. The predicted octanol–water partition coefficient (Wildman–Crippen LogP) is 4.39. The molecule has 0 spiro atoms. The standard InChI is InChI=1S/C25H38FN5O/c1-6-8-12-24(32)30(19(3)4)18-23-20(5)27-31(22-11-9-10-21(26)17-22)25(23)29-15-13-28(7-2)14-16-29/h9-11,17,19H,6-8,12-16,18H2,1-5H3. The molecule has 2 aromatic rings. The third kappa shape index (κ3) is 5.49. The first kappa shape index (κ1) is 24.2. The zero-order valence-electron chi connectivity index (χ0n) is 20.3. The van der Waals surface area contributed by atoms with Crippen molar-refractivity contribution in [1.29, 1.82) is 0 Å². The van der Waals surface area contributed by atoms with E-state index in [1.165, 1.54) is 12.1 Å². The number of carbonyl (C=O) groups is 1. The Balaban J connectivity index is 2.02. The maximum absolute atomic E-state index is 14.1. The van der Waals surface area contributed by atoms with Gasteiger partial charge in [0.25, 0.3) is 0 Å². The van der Waals surface area contributed by atoms with Crippen molar-refractivity contribution in [2.24, 2.45) is 0 Å². The Morgan fingerprint density at radius 1 is 1.19 bits per heavy atom. The SMILES string of the molecule is CCCCC(=O)N(Cc1c(C)nn(-c2cccc(F)c2)c1N1CCN(CC)CC1)C(C)C. The van der Waals surface area contributed by atoms with E-state index in [1.54, 1.807) is 6.07 Å². The molecule has 0 radical (unpaired) electrons. The van der Waals surface area contributed by atoms with Gasteiger partial charge in [-0.05, 0) is 51.9 Å². The van der Waals surface area contributed by atoms with Crippen LogP contribution in [0.3, 0.4) is 0 Å². The highest BCUT2D eigenvalue weighted by molar-refractivity contribution is 5.76. The van der Waals surface area contributed by atoms with Gasteiger partial charge in [-0.1, -0.05) is 26.3 Å². The topological polar surface area (TPSA) is 44.6 Å². The second kappa shape index (κ2) is 10.9. The number of carbonyl (C=O) groups excluding carboxylic acids is 1. The van der Waals surface area contributed by atoms with Crippen LogP contribution < -0.4 is 4.90 Å². The fraction of sp³-hybridized carbons (Fsp3) is 0.600. The van der Waals surface area contributed by atoms with Gasteiger partial charge in [0, 0.05) is 44.2 Å². The van der Waals surface area contributed by atoms with Crippen LogP contribution in [0.5, 0.6) is 0 Å². The van der Waals surface area contributed by atoms with Gasteiger partial charge in [-0.25, -0.2) is 9.07 Å². The van der Waals surface area contributed by atoms with Crippen LogP contribution in [0.15, 0.2) is 24.3 Å². The minimum absolute atomic E-state index is 0.0982. The summed E-state index contributed by atoms with van der Waals surface area (Å²) < 4.78 is 15.9. The van der Waals surface area contributed by atoms with E-state index in [4.69, 9.17) is 5.10 Å². The molecule has 1 saturated heterocycles. The van der Waals surface area contributed by atoms with Crippen molar-refractivity contribution in [3.63, 3.8) is 0 Å². The molecule has 0 bridgehead atoms. The van der Waals surface area contributed by atoms with Crippen molar-refractivity contribution in [3.05, 3.63) is 41.3 Å². The maximum Gasteiger partial charge on any atom is 0.223 e. The molecule has 7 heteroatoms. The van der Waals surface area contributed by atoms with E-state index in [9.17, 15) is 9.18 Å². The van der Waals surface area contributed by atoms with E-state index in [0.717, 1.165) is 62.6 Å². The summed E-state index contributed by atoms with van der Waals surface area (Å²) in [6.45, 7) is 15.7. The molecule has 1 amide bonds. The number of aryl methyl sites for hydroxylation is 1. The summed E-state index contributed by atoms with van der Waals surface area (Å²) >= 11 is 0. The number of hydrogen-bond donors (Lipinski definition) is 0. The Morgan fingerprint density at radius 2 is 1.91 bits per heavy atom. The number of nitrogens with zero attached hydrogens (tertiary/aromatic N) is 5. The van der Waals surface area contributed by atoms with Crippen molar-refractivity contribution in [2.45, 2.75) is 66.5 Å². The molecule has 0 N–H and O–H groups in total. The lowest BCUT2D eigenvalue weighted by atomic mass is 10.1. The van der Waals surface area contributed by atoms with E-state index in [2.05, 4.69) is 37.5 Å². The van der Waals surface area contributed by atoms with Gasteiger partial charge in [0.05, 0.1) is 17.9 Å². The van der Waals surface area contributed by atoms with E-state index in [0.29, 0.717) is 18.7 Å². The molecule has 1 aromatic heterocycles. The number of halogens is 1. The molecule has 1 fully saturated rings. The van der Waals surface area contributed by atoms with Crippen molar-refractivity contribution >= 4 is 11.7 Å². The number of unbranched alkanes of at least 4 members (excludes halogenated alkanes) is 1. The van der Waals surface area contributed by atoms with Crippen molar-refractivity contribution in [2.75, 3.05) is 37.6 Å². The summed E-state index contributed by atoms with van der Waals surface area (Å²) in [6, 6.07) is 6.68. The predicted molar refractivity (Wildman–Crippen MR) is 128 cm³/mol. The van der Waals surface area contributed by atoms with E-state index < -0.39 is 0 Å². The van der Waals surface area contributed by atoms with Gasteiger partial charge >= 0.3 is 0 Å². The van der Waals surface area contributed by atoms with Gasteiger partial charge < -0.3 is 14.7 Å². The van der Waals surface area contributed by atoms with Crippen molar-refractivity contribution in [1.82, 2.24) is 19.6 Å². The number of likely N-dealkylation sites (N-methyl/N-ethyl adjacent to an activating group) is 1. The Morgan fingerprint density at radius 3 is 2.50 bits per heavy atom. The van der Waals surface area contributed by atoms with Gasteiger partial charge in [-0.2, -0.15) is 5.10 Å². The smallest absolute Gasteiger partial charge is 0.223 e. The molecule has 1 aliphatic heterocycles. The minimum atomic E-state index is -0.280. The average molecular weight is 444 g/mol. The Hall–Kier alpha value is -2.41. The van der Waals surface area contributed by atoms with Gasteiger partial charge in [0.2, 0.25) is 5.91 Å². The van der Waals surface area contributed by atoms with Crippen molar-refractivity contribution < 1.29 is 9.18 Å².